The number of carbonyl (C=O) groups excluding carboxylic acids is 1. The summed E-state index contributed by atoms with van der Waals surface area (Å²) in [7, 11) is 0. The van der Waals surface area contributed by atoms with Crippen LogP contribution in [-0.4, -0.2) is 6.29 Å². The van der Waals surface area contributed by atoms with Crippen molar-refractivity contribution in [3.63, 3.8) is 0 Å². The third kappa shape index (κ3) is 3.27. The van der Waals surface area contributed by atoms with Crippen LogP contribution in [0.3, 0.4) is 0 Å². The third-order valence-corrected chi connectivity index (χ3v) is 3.43. The molecule has 0 fully saturated rings. The lowest BCUT2D eigenvalue weighted by Crippen LogP contribution is -1.99. The minimum atomic E-state index is -0.893. The summed E-state index contributed by atoms with van der Waals surface area (Å²) in [6.07, 6.45) is 1.28. The van der Waals surface area contributed by atoms with Gasteiger partial charge in [0.05, 0.1) is 0 Å². The number of hydrogen-bond acceptors (Lipinski definition) is 2. The third-order valence-electron chi connectivity index (χ3n) is 3.43. The van der Waals surface area contributed by atoms with Gasteiger partial charge < -0.3 is 4.74 Å². The molecule has 2 nitrogen and oxygen atoms in total. The zero-order valence-corrected chi connectivity index (χ0v) is 11.9. The molecule has 1 unspecified atom stereocenters. The van der Waals surface area contributed by atoms with Crippen LogP contribution in [0, 0.1) is 11.6 Å². The standard InChI is InChI=1S/C17H16F2O2/c1-3-11(2)13-6-4-5-7-16(13)21-17-14(18)8-12(10-20)9-15(17)19/h4-11H,3H2,1-2H3. The van der Waals surface area contributed by atoms with Gasteiger partial charge in [0.2, 0.25) is 0 Å². The summed E-state index contributed by atoms with van der Waals surface area (Å²) in [5.41, 5.74) is 0.825. The SMILES string of the molecule is CCC(C)c1ccccc1Oc1c(F)cc(C=O)cc1F. The summed E-state index contributed by atoms with van der Waals surface area (Å²) in [6, 6.07) is 9.06. The van der Waals surface area contributed by atoms with Crippen LogP contribution >= 0.6 is 0 Å². The topological polar surface area (TPSA) is 26.3 Å². The Kier molecular flexibility index (Phi) is 4.68. The van der Waals surface area contributed by atoms with Gasteiger partial charge >= 0.3 is 0 Å². The highest BCUT2D eigenvalue weighted by Crippen LogP contribution is 2.34. The van der Waals surface area contributed by atoms with Gasteiger partial charge in [-0.3, -0.25) is 4.79 Å². The molecular formula is C17H16F2O2. The Bertz CT molecular complexity index is 630. The van der Waals surface area contributed by atoms with Gasteiger partial charge in [-0.1, -0.05) is 32.0 Å². The lowest BCUT2D eigenvalue weighted by atomic mass is 9.98. The average Bonchev–Trinajstić information content (AvgIpc) is 2.50. The number of rotatable bonds is 5. The van der Waals surface area contributed by atoms with E-state index in [1.807, 2.05) is 26.0 Å². The Hall–Kier alpha value is -2.23. The van der Waals surface area contributed by atoms with E-state index in [1.165, 1.54) is 0 Å². The van der Waals surface area contributed by atoms with E-state index in [0.29, 0.717) is 12.0 Å². The smallest absolute Gasteiger partial charge is 0.198 e. The van der Waals surface area contributed by atoms with E-state index < -0.39 is 17.4 Å². The molecule has 0 saturated heterocycles. The van der Waals surface area contributed by atoms with Gasteiger partial charge in [-0.25, -0.2) is 8.78 Å². The second-order valence-corrected chi connectivity index (χ2v) is 4.88. The van der Waals surface area contributed by atoms with Gasteiger partial charge in [-0.05, 0) is 36.1 Å². The van der Waals surface area contributed by atoms with Crippen molar-refractivity contribution < 1.29 is 18.3 Å². The maximum atomic E-state index is 13.9. The number of carbonyl (C=O) groups is 1. The van der Waals surface area contributed by atoms with Crippen LogP contribution < -0.4 is 4.74 Å². The first-order valence-electron chi connectivity index (χ1n) is 6.77. The summed E-state index contributed by atoms with van der Waals surface area (Å²) in [5.74, 6) is -1.64. The van der Waals surface area contributed by atoms with E-state index in [9.17, 15) is 13.6 Å². The van der Waals surface area contributed by atoms with Crippen molar-refractivity contribution >= 4 is 6.29 Å². The molecule has 110 valence electrons. The predicted octanol–water partition coefficient (Wildman–Crippen LogP) is 5.08. The first-order valence-corrected chi connectivity index (χ1v) is 6.77. The Morgan fingerprint density at radius 1 is 1.19 bits per heavy atom. The highest BCUT2D eigenvalue weighted by Gasteiger charge is 2.16. The maximum Gasteiger partial charge on any atom is 0.198 e. The van der Waals surface area contributed by atoms with Crippen LogP contribution in [0.2, 0.25) is 0 Å². The van der Waals surface area contributed by atoms with Crippen LogP contribution in [0.4, 0.5) is 8.78 Å². The summed E-state index contributed by atoms with van der Waals surface area (Å²) in [6.45, 7) is 4.05. The molecular weight excluding hydrogens is 274 g/mol. The molecule has 2 aromatic rings. The van der Waals surface area contributed by atoms with Crippen molar-refractivity contribution in [3.05, 3.63) is 59.2 Å². The largest absolute Gasteiger partial charge is 0.451 e. The highest BCUT2D eigenvalue weighted by atomic mass is 19.1. The number of halogens is 2. The van der Waals surface area contributed by atoms with Crippen LogP contribution in [0.25, 0.3) is 0 Å². The number of para-hydroxylation sites is 1. The summed E-state index contributed by atoms with van der Waals surface area (Å²) in [5, 5.41) is 0. The van der Waals surface area contributed by atoms with Gasteiger partial charge in [0.25, 0.3) is 0 Å². The van der Waals surface area contributed by atoms with Gasteiger partial charge in [-0.15, -0.1) is 0 Å². The Morgan fingerprint density at radius 2 is 1.81 bits per heavy atom. The highest BCUT2D eigenvalue weighted by molar-refractivity contribution is 5.75. The zero-order chi connectivity index (χ0) is 15.4. The van der Waals surface area contributed by atoms with Crippen LogP contribution in [0.5, 0.6) is 11.5 Å². The molecule has 2 rings (SSSR count). The van der Waals surface area contributed by atoms with Gasteiger partial charge in [0, 0.05) is 5.56 Å². The molecule has 0 aromatic heterocycles. The van der Waals surface area contributed by atoms with Crippen molar-refractivity contribution in [1.29, 1.82) is 0 Å². The van der Waals surface area contributed by atoms with Crippen LogP contribution in [-0.2, 0) is 0 Å². The van der Waals surface area contributed by atoms with Gasteiger partial charge in [-0.2, -0.15) is 0 Å². The number of aldehydes is 1. The monoisotopic (exact) mass is 290 g/mol. The lowest BCUT2D eigenvalue weighted by molar-refractivity contribution is 0.112. The minimum Gasteiger partial charge on any atom is -0.451 e. The second kappa shape index (κ2) is 6.48. The Labute approximate surface area is 122 Å². The lowest BCUT2D eigenvalue weighted by Gasteiger charge is -2.16. The molecule has 0 aliphatic rings. The van der Waals surface area contributed by atoms with Crippen molar-refractivity contribution in [1.82, 2.24) is 0 Å². The van der Waals surface area contributed by atoms with Crippen molar-refractivity contribution in [2.45, 2.75) is 26.2 Å². The minimum absolute atomic E-state index is 0.0624. The fourth-order valence-electron chi connectivity index (χ4n) is 2.06. The number of hydrogen-bond donors (Lipinski definition) is 0. The van der Waals surface area contributed by atoms with Gasteiger partial charge in [0.1, 0.15) is 12.0 Å². The molecule has 0 N–H and O–H groups in total. The Morgan fingerprint density at radius 3 is 2.38 bits per heavy atom. The predicted molar refractivity (Wildman–Crippen MR) is 77.0 cm³/mol. The molecule has 1 atom stereocenters. The van der Waals surface area contributed by atoms with E-state index >= 15 is 0 Å². The number of benzene rings is 2. The van der Waals surface area contributed by atoms with Crippen LogP contribution in [0.15, 0.2) is 36.4 Å². The van der Waals surface area contributed by atoms with Crippen LogP contribution in [0.1, 0.15) is 42.1 Å². The summed E-state index contributed by atoms with van der Waals surface area (Å²) >= 11 is 0. The van der Waals surface area contributed by atoms with Crippen molar-refractivity contribution in [2.24, 2.45) is 0 Å². The van der Waals surface area contributed by atoms with E-state index in [0.717, 1.165) is 24.1 Å². The van der Waals surface area contributed by atoms with E-state index in [1.54, 1.807) is 12.1 Å². The molecule has 0 amide bonds. The zero-order valence-electron chi connectivity index (χ0n) is 11.9. The molecule has 2 aromatic carbocycles. The first-order chi connectivity index (χ1) is 10.1. The van der Waals surface area contributed by atoms with Crippen molar-refractivity contribution in [2.75, 3.05) is 0 Å². The molecule has 0 aliphatic carbocycles. The molecule has 0 heterocycles. The van der Waals surface area contributed by atoms with E-state index in [4.69, 9.17) is 4.74 Å². The average molecular weight is 290 g/mol. The molecule has 4 heteroatoms. The molecule has 0 aliphatic heterocycles. The molecule has 0 spiro atoms. The molecule has 0 radical (unpaired) electrons. The molecule has 0 saturated carbocycles. The first kappa shape index (κ1) is 15.2. The Balaban J connectivity index is 2.41. The summed E-state index contributed by atoms with van der Waals surface area (Å²) in [4.78, 5) is 10.6. The summed E-state index contributed by atoms with van der Waals surface area (Å²) < 4.78 is 33.2. The normalized spacial score (nSPS) is 12.0. The fourth-order valence-corrected chi connectivity index (χ4v) is 2.06. The fraction of sp³-hybridized carbons (Fsp3) is 0.235. The van der Waals surface area contributed by atoms with E-state index in [2.05, 4.69) is 0 Å². The van der Waals surface area contributed by atoms with Gasteiger partial charge in [0.15, 0.2) is 17.4 Å². The number of ether oxygens (including phenoxy) is 1. The molecule has 21 heavy (non-hydrogen) atoms. The molecule has 0 bridgehead atoms. The maximum absolute atomic E-state index is 13.9. The van der Waals surface area contributed by atoms with Crippen molar-refractivity contribution in [3.8, 4) is 11.5 Å². The quantitative estimate of drug-likeness (QED) is 0.717. The second-order valence-electron chi connectivity index (χ2n) is 4.88. The van der Waals surface area contributed by atoms with E-state index in [-0.39, 0.29) is 11.5 Å².